The maximum Gasteiger partial charge on any atom is 0.222 e. The number of piperidine rings is 1. The van der Waals surface area contributed by atoms with Gasteiger partial charge in [-0.25, -0.2) is 0 Å². The van der Waals surface area contributed by atoms with Crippen molar-refractivity contribution in [3.8, 4) is 0 Å². The Labute approximate surface area is 98.0 Å². The van der Waals surface area contributed by atoms with Gasteiger partial charge in [0.05, 0.1) is 6.61 Å². The summed E-state index contributed by atoms with van der Waals surface area (Å²) >= 11 is 0. The third kappa shape index (κ3) is 4.10. The van der Waals surface area contributed by atoms with Crippen LogP contribution in [0.3, 0.4) is 0 Å². The molecule has 16 heavy (non-hydrogen) atoms. The molecular weight excluding hydrogens is 204 g/mol. The summed E-state index contributed by atoms with van der Waals surface area (Å²) in [5, 5.41) is 12.0. The summed E-state index contributed by atoms with van der Waals surface area (Å²) in [6.07, 6.45) is 1.04. The molecule has 0 spiro atoms. The van der Waals surface area contributed by atoms with Crippen molar-refractivity contribution < 1.29 is 9.90 Å². The van der Waals surface area contributed by atoms with E-state index in [0.29, 0.717) is 12.5 Å². The van der Waals surface area contributed by atoms with Gasteiger partial charge in [-0.2, -0.15) is 0 Å². The minimum absolute atomic E-state index is 0.0449. The largest absolute Gasteiger partial charge is 0.395 e. The van der Waals surface area contributed by atoms with Crippen molar-refractivity contribution in [3.05, 3.63) is 0 Å². The Balaban J connectivity index is 2.44. The van der Waals surface area contributed by atoms with E-state index in [2.05, 4.69) is 17.1 Å². The fourth-order valence-electron chi connectivity index (χ4n) is 2.26. The maximum absolute atomic E-state index is 11.6. The van der Waals surface area contributed by atoms with Crippen LogP contribution in [0.1, 0.15) is 27.2 Å². The van der Waals surface area contributed by atoms with Crippen LogP contribution in [0.15, 0.2) is 0 Å². The van der Waals surface area contributed by atoms with Crippen molar-refractivity contribution in [2.75, 3.05) is 26.2 Å². The highest BCUT2D eigenvalue weighted by molar-refractivity contribution is 5.78. The Morgan fingerprint density at radius 3 is 2.75 bits per heavy atom. The van der Waals surface area contributed by atoms with Gasteiger partial charge in [0.15, 0.2) is 0 Å². The zero-order valence-corrected chi connectivity index (χ0v) is 10.6. The Kier molecular flexibility index (Phi) is 5.22. The number of amides is 1. The lowest BCUT2D eigenvalue weighted by Crippen LogP contribution is -2.51. The lowest BCUT2D eigenvalue weighted by Gasteiger charge is -2.36. The van der Waals surface area contributed by atoms with Gasteiger partial charge in [0.2, 0.25) is 5.91 Å². The number of aliphatic hydroxyl groups excluding tert-OH is 1. The van der Waals surface area contributed by atoms with Crippen LogP contribution in [0.25, 0.3) is 0 Å². The van der Waals surface area contributed by atoms with E-state index in [1.54, 1.807) is 0 Å². The lowest BCUT2D eigenvalue weighted by molar-refractivity contribution is -0.125. The van der Waals surface area contributed by atoms with Crippen molar-refractivity contribution in [3.63, 3.8) is 0 Å². The van der Waals surface area contributed by atoms with Crippen molar-refractivity contribution in [1.29, 1.82) is 0 Å². The molecule has 0 radical (unpaired) electrons. The number of nitrogens with one attached hydrogen (secondary N) is 1. The molecule has 1 heterocycles. The van der Waals surface area contributed by atoms with Crippen molar-refractivity contribution in [2.45, 2.75) is 33.2 Å². The number of nitrogens with zero attached hydrogens (tertiary/aromatic N) is 1. The van der Waals surface area contributed by atoms with E-state index in [-0.39, 0.29) is 24.5 Å². The van der Waals surface area contributed by atoms with Crippen molar-refractivity contribution in [1.82, 2.24) is 10.2 Å². The second-order valence-corrected chi connectivity index (χ2v) is 5.18. The fraction of sp³-hybridized carbons (Fsp3) is 0.917. The number of rotatable bonds is 4. The van der Waals surface area contributed by atoms with Crippen molar-refractivity contribution >= 4 is 5.91 Å². The predicted octanol–water partition coefficient (Wildman–Crippen LogP) is 0.461. The fourth-order valence-corrected chi connectivity index (χ4v) is 2.26. The van der Waals surface area contributed by atoms with Gasteiger partial charge in [0.25, 0.3) is 0 Å². The molecule has 0 bridgehead atoms. The van der Waals surface area contributed by atoms with Crippen LogP contribution in [-0.2, 0) is 4.79 Å². The maximum atomic E-state index is 11.6. The van der Waals surface area contributed by atoms with E-state index in [4.69, 9.17) is 5.11 Å². The van der Waals surface area contributed by atoms with E-state index < -0.39 is 0 Å². The number of hydrogen-bond donors (Lipinski definition) is 2. The quantitative estimate of drug-likeness (QED) is 0.735. The second-order valence-electron chi connectivity index (χ2n) is 5.18. The molecule has 1 amide bonds. The Hall–Kier alpha value is -0.610. The molecule has 0 saturated carbocycles. The first-order valence-electron chi connectivity index (χ1n) is 6.16. The van der Waals surface area contributed by atoms with E-state index in [1.165, 1.54) is 0 Å². The van der Waals surface area contributed by atoms with E-state index in [1.807, 2.05) is 13.8 Å². The molecule has 1 aliphatic rings. The first-order valence-corrected chi connectivity index (χ1v) is 6.16. The van der Waals surface area contributed by atoms with Crippen LogP contribution in [0.2, 0.25) is 0 Å². The number of carbonyl (C=O) groups excluding carboxylic acids is 1. The third-order valence-electron chi connectivity index (χ3n) is 3.02. The predicted molar refractivity (Wildman–Crippen MR) is 64.1 cm³/mol. The zero-order chi connectivity index (χ0) is 12.1. The molecule has 2 unspecified atom stereocenters. The molecule has 0 aromatic rings. The first kappa shape index (κ1) is 13.5. The number of carbonyl (C=O) groups is 1. The van der Waals surface area contributed by atoms with Crippen LogP contribution >= 0.6 is 0 Å². The van der Waals surface area contributed by atoms with Crippen LogP contribution < -0.4 is 5.32 Å². The molecule has 2 N–H and O–H groups in total. The van der Waals surface area contributed by atoms with Crippen LogP contribution in [-0.4, -0.2) is 48.2 Å². The van der Waals surface area contributed by atoms with Crippen LogP contribution in [0.5, 0.6) is 0 Å². The number of β-amino-alcohol motifs (C(OH)–C–C–N with tert-alkyl or cyclic N) is 1. The molecule has 0 aromatic carbocycles. The molecule has 1 fully saturated rings. The third-order valence-corrected chi connectivity index (χ3v) is 3.02. The topological polar surface area (TPSA) is 52.6 Å². The van der Waals surface area contributed by atoms with Gasteiger partial charge in [-0.1, -0.05) is 20.8 Å². The average Bonchev–Trinajstić information content (AvgIpc) is 2.16. The van der Waals surface area contributed by atoms with Gasteiger partial charge in [0.1, 0.15) is 0 Å². The molecule has 2 atom stereocenters. The highest BCUT2D eigenvalue weighted by Gasteiger charge is 2.25. The molecule has 4 nitrogen and oxygen atoms in total. The van der Waals surface area contributed by atoms with E-state index in [0.717, 1.165) is 19.5 Å². The van der Waals surface area contributed by atoms with E-state index in [9.17, 15) is 4.79 Å². The summed E-state index contributed by atoms with van der Waals surface area (Å²) in [7, 11) is 0. The molecular formula is C12H24N2O2. The highest BCUT2D eigenvalue weighted by atomic mass is 16.3. The Morgan fingerprint density at radius 1 is 1.50 bits per heavy atom. The summed E-state index contributed by atoms with van der Waals surface area (Å²) in [6, 6.07) is 0.241. The summed E-state index contributed by atoms with van der Waals surface area (Å²) in [6.45, 7) is 8.80. The Bertz CT molecular complexity index is 231. The summed E-state index contributed by atoms with van der Waals surface area (Å²) in [5.74, 6) is 0.754. The number of aliphatic hydroxyl groups is 1. The van der Waals surface area contributed by atoms with E-state index >= 15 is 0 Å². The molecule has 0 aliphatic carbocycles. The van der Waals surface area contributed by atoms with Gasteiger partial charge < -0.3 is 10.4 Å². The van der Waals surface area contributed by atoms with Crippen LogP contribution in [0, 0.1) is 11.8 Å². The molecule has 1 aliphatic heterocycles. The summed E-state index contributed by atoms with van der Waals surface area (Å²) in [4.78, 5) is 13.8. The minimum Gasteiger partial charge on any atom is -0.395 e. The molecule has 1 rings (SSSR count). The number of likely N-dealkylation sites (tertiary alicyclic amines) is 1. The first-order chi connectivity index (χ1) is 7.52. The smallest absolute Gasteiger partial charge is 0.222 e. The average molecular weight is 228 g/mol. The molecule has 0 aromatic heterocycles. The zero-order valence-electron chi connectivity index (χ0n) is 10.6. The molecule has 4 heteroatoms. The monoisotopic (exact) mass is 228 g/mol. The van der Waals surface area contributed by atoms with Gasteiger partial charge >= 0.3 is 0 Å². The van der Waals surface area contributed by atoms with Crippen molar-refractivity contribution in [2.24, 2.45) is 11.8 Å². The summed E-state index contributed by atoms with van der Waals surface area (Å²) < 4.78 is 0. The SMILES string of the molecule is CC1CC(NC(=O)C(C)C)CN(CCO)C1. The second kappa shape index (κ2) is 6.21. The van der Waals surface area contributed by atoms with Gasteiger partial charge in [-0.05, 0) is 12.3 Å². The molecule has 1 saturated heterocycles. The number of hydrogen-bond acceptors (Lipinski definition) is 3. The Morgan fingerprint density at radius 2 is 2.19 bits per heavy atom. The van der Waals surface area contributed by atoms with Crippen LogP contribution in [0.4, 0.5) is 0 Å². The van der Waals surface area contributed by atoms with Gasteiger partial charge in [0, 0.05) is 31.6 Å². The van der Waals surface area contributed by atoms with Gasteiger partial charge in [-0.3, -0.25) is 9.69 Å². The molecule has 94 valence electrons. The normalized spacial score (nSPS) is 27.1. The van der Waals surface area contributed by atoms with Gasteiger partial charge in [-0.15, -0.1) is 0 Å². The standard InChI is InChI=1S/C12H24N2O2/c1-9(2)12(16)13-11-6-10(3)7-14(8-11)4-5-15/h9-11,15H,4-8H2,1-3H3,(H,13,16). The highest BCUT2D eigenvalue weighted by Crippen LogP contribution is 2.16. The summed E-state index contributed by atoms with van der Waals surface area (Å²) in [5.41, 5.74) is 0. The lowest BCUT2D eigenvalue weighted by atomic mass is 9.95. The minimum atomic E-state index is 0.0449.